The molecule has 0 bridgehead atoms. The first-order valence-electron chi connectivity index (χ1n) is 6.77. The average Bonchev–Trinajstić information content (AvgIpc) is 2.34. The van der Waals surface area contributed by atoms with E-state index in [-0.39, 0.29) is 11.6 Å². The Morgan fingerprint density at radius 1 is 1.35 bits per heavy atom. The predicted molar refractivity (Wildman–Crippen MR) is 79.8 cm³/mol. The summed E-state index contributed by atoms with van der Waals surface area (Å²) in [5, 5.41) is 7.30. The normalized spacial score (nSPS) is 16.1. The summed E-state index contributed by atoms with van der Waals surface area (Å²) < 4.78 is 24.5. The van der Waals surface area contributed by atoms with Crippen LogP contribution in [-0.4, -0.2) is 44.5 Å². The van der Waals surface area contributed by atoms with E-state index in [4.69, 9.17) is 11.1 Å². The number of nitrogen functional groups attached to an aromatic ring is 1. The number of nitrogens with two attached hydrogens (primary N) is 1. The minimum Gasteiger partial charge on any atom is -0.384 e. The van der Waals surface area contributed by atoms with Crippen molar-refractivity contribution in [3.05, 3.63) is 29.8 Å². The molecule has 1 aliphatic rings. The van der Waals surface area contributed by atoms with Gasteiger partial charge in [-0.15, -0.1) is 0 Å². The maximum absolute atomic E-state index is 12.2. The monoisotopic (exact) mass is 295 g/mol. The Labute approximate surface area is 120 Å². The highest BCUT2D eigenvalue weighted by Crippen LogP contribution is 2.23. The molecular weight excluding hydrogens is 274 g/mol. The first kappa shape index (κ1) is 15.0. The number of benzene rings is 1. The van der Waals surface area contributed by atoms with Gasteiger partial charge in [0.25, 0.3) is 0 Å². The van der Waals surface area contributed by atoms with Gasteiger partial charge in [-0.1, -0.05) is 18.6 Å². The lowest BCUT2D eigenvalue weighted by molar-refractivity contribution is 0.168. The molecule has 0 heterocycles. The number of hydrogen-bond acceptors (Lipinski definition) is 4. The first-order valence-corrected chi connectivity index (χ1v) is 8.43. The molecule has 1 aliphatic carbocycles. The molecule has 1 fully saturated rings. The van der Waals surface area contributed by atoms with Crippen LogP contribution in [0.4, 0.5) is 0 Å². The van der Waals surface area contributed by atoms with Gasteiger partial charge in [-0.3, -0.25) is 5.41 Å². The van der Waals surface area contributed by atoms with Crippen molar-refractivity contribution in [3.8, 4) is 0 Å². The summed E-state index contributed by atoms with van der Waals surface area (Å²) in [6.07, 6.45) is 3.59. The Bertz CT molecular complexity index is 577. The Morgan fingerprint density at radius 3 is 2.40 bits per heavy atom. The van der Waals surface area contributed by atoms with Gasteiger partial charge in [0.15, 0.2) is 9.84 Å². The van der Waals surface area contributed by atoms with Crippen molar-refractivity contribution in [3.63, 3.8) is 0 Å². The third-order valence-corrected chi connectivity index (χ3v) is 5.65. The van der Waals surface area contributed by atoms with E-state index < -0.39 is 9.84 Å². The zero-order chi connectivity index (χ0) is 14.8. The summed E-state index contributed by atoms with van der Waals surface area (Å²) in [6, 6.07) is 6.74. The number of amidine groups is 1. The molecular formula is C14H21N3O2S. The van der Waals surface area contributed by atoms with Crippen LogP contribution < -0.4 is 5.73 Å². The van der Waals surface area contributed by atoms with Gasteiger partial charge in [0.1, 0.15) is 5.84 Å². The highest BCUT2D eigenvalue weighted by atomic mass is 32.2. The SMILES string of the molecule is CN(CCS(=O)(=O)c1ccc(C(=N)N)cc1)C1CCC1. The molecule has 110 valence electrons. The van der Waals surface area contributed by atoms with Gasteiger partial charge in [-0.2, -0.15) is 0 Å². The van der Waals surface area contributed by atoms with E-state index in [1.165, 1.54) is 31.4 Å². The second-order valence-corrected chi connectivity index (χ2v) is 7.43. The van der Waals surface area contributed by atoms with Crippen molar-refractivity contribution in [2.24, 2.45) is 5.73 Å². The molecule has 1 saturated carbocycles. The Kier molecular flexibility index (Phi) is 4.45. The highest BCUT2D eigenvalue weighted by molar-refractivity contribution is 7.91. The van der Waals surface area contributed by atoms with Crippen LogP contribution in [0.25, 0.3) is 0 Å². The molecule has 20 heavy (non-hydrogen) atoms. The van der Waals surface area contributed by atoms with E-state index in [0.29, 0.717) is 23.0 Å². The summed E-state index contributed by atoms with van der Waals surface area (Å²) in [6.45, 7) is 0.557. The van der Waals surface area contributed by atoms with E-state index >= 15 is 0 Å². The maximum Gasteiger partial charge on any atom is 0.179 e. The van der Waals surface area contributed by atoms with E-state index in [1.54, 1.807) is 12.1 Å². The maximum atomic E-state index is 12.2. The largest absolute Gasteiger partial charge is 0.384 e. The Hall–Kier alpha value is -1.40. The third-order valence-electron chi connectivity index (χ3n) is 3.94. The molecule has 0 atom stereocenters. The molecule has 2 rings (SSSR count). The van der Waals surface area contributed by atoms with Crippen LogP contribution in [0.1, 0.15) is 24.8 Å². The van der Waals surface area contributed by atoms with E-state index in [1.807, 2.05) is 7.05 Å². The minimum absolute atomic E-state index is 0.0568. The number of nitrogens with zero attached hydrogens (tertiary/aromatic N) is 1. The van der Waals surface area contributed by atoms with Crippen molar-refractivity contribution in [2.45, 2.75) is 30.2 Å². The van der Waals surface area contributed by atoms with Crippen molar-refractivity contribution in [2.75, 3.05) is 19.3 Å². The van der Waals surface area contributed by atoms with Gasteiger partial charge < -0.3 is 10.6 Å². The van der Waals surface area contributed by atoms with Crippen molar-refractivity contribution in [1.29, 1.82) is 5.41 Å². The molecule has 0 aromatic heterocycles. The average molecular weight is 295 g/mol. The minimum atomic E-state index is -3.27. The van der Waals surface area contributed by atoms with Crippen LogP contribution in [-0.2, 0) is 9.84 Å². The molecule has 6 heteroatoms. The lowest BCUT2D eigenvalue weighted by Gasteiger charge is -2.34. The fourth-order valence-electron chi connectivity index (χ4n) is 2.23. The molecule has 0 saturated heterocycles. The predicted octanol–water partition coefficient (Wildman–Crippen LogP) is 1.23. The molecule has 3 N–H and O–H groups in total. The van der Waals surface area contributed by atoms with Gasteiger partial charge >= 0.3 is 0 Å². The summed E-state index contributed by atoms with van der Waals surface area (Å²) in [5.41, 5.74) is 5.89. The molecule has 0 radical (unpaired) electrons. The van der Waals surface area contributed by atoms with Crippen LogP contribution >= 0.6 is 0 Å². The van der Waals surface area contributed by atoms with Crippen LogP contribution in [0.2, 0.25) is 0 Å². The highest BCUT2D eigenvalue weighted by Gasteiger charge is 2.23. The standard InChI is InChI=1S/C14H21N3O2S/c1-17(12-3-2-4-12)9-10-20(18,19)13-7-5-11(6-8-13)14(15)16/h5-8,12H,2-4,9-10H2,1H3,(H3,15,16). The quantitative estimate of drug-likeness (QED) is 0.610. The molecule has 5 nitrogen and oxygen atoms in total. The second-order valence-electron chi connectivity index (χ2n) is 5.32. The van der Waals surface area contributed by atoms with E-state index in [2.05, 4.69) is 4.90 Å². The second kappa shape index (κ2) is 5.93. The van der Waals surface area contributed by atoms with Crippen molar-refractivity contribution < 1.29 is 8.42 Å². The van der Waals surface area contributed by atoms with Crippen molar-refractivity contribution in [1.82, 2.24) is 4.90 Å². The number of rotatable bonds is 6. The molecule has 0 spiro atoms. The van der Waals surface area contributed by atoms with Gasteiger partial charge in [0.2, 0.25) is 0 Å². The topological polar surface area (TPSA) is 87.2 Å². The Morgan fingerprint density at radius 2 is 1.95 bits per heavy atom. The zero-order valence-corrected chi connectivity index (χ0v) is 12.5. The molecule has 1 aromatic rings. The number of hydrogen-bond donors (Lipinski definition) is 2. The summed E-state index contributed by atoms with van der Waals surface area (Å²) in [4.78, 5) is 2.43. The van der Waals surface area contributed by atoms with Crippen LogP contribution in [0.5, 0.6) is 0 Å². The molecule has 0 amide bonds. The van der Waals surface area contributed by atoms with Crippen molar-refractivity contribution >= 4 is 15.7 Å². The summed E-state index contributed by atoms with van der Waals surface area (Å²) in [5.74, 6) is 0.0676. The van der Waals surface area contributed by atoms with Crippen LogP contribution in [0.3, 0.4) is 0 Å². The van der Waals surface area contributed by atoms with E-state index in [9.17, 15) is 8.42 Å². The molecule has 0 unspecified atom stereocenters. The third kappa shape index (κ3) is 3.37. The summed E-state index contributed by atoms with van der Waals surface area (Å²) >= 11 is 0. The van der Waals surface area contributed by atoms with Gasteiger partial charge in [0.05, 0.1) is 10.6 Å². The smallest absolute Gasteiger partial charge is 0.179 e. The fourth-order valence-corrected chi connectivity index (χ4v) is 3.55. The first-order chi connectivity index (χ1) is 9.40. The van der Waals surface area contributed by atoms with Crippen LogP contribution in [0.15, 0.2) is 29.2 Å². The van der Waals surface area contributed by atoms with Gasteiger partial charge in [-0.25, -0.2) is 8.42 Å². The van der Waals surface area contributed by atoms with E-state index in [0.717, 1.165) is 0 Å². The number of nitrogens with one attached hydrogen (secondary N) is 1. The molecule has 0 aliphatic heterocycles. The lowest BCUT2D eigenvalue weighted by Crippen LogP contribution is -2.39. The number of sulfone groups is 1. The zero-order valence-electron chi connectivity index (χ0n) is 11.7. The van der Waals surface area contributed by atoms with Gasteiger partial charge in [0, 0.05) is 18.2 Å². The molecule has 1 aromatic carbocycles. The lowest BCUT2D eigenvalue weighted by atomic mass is 9.92. The van der Waals surface area contributed by atoms with Crippen LogP contribution in [0, 0.1) is 5.41 Å². The Balaban J connectivity index is 2.00. The summed E-state index contributed by atoms with van der Waals surface area (Å²) in [7, 11) is -1.28. The fraction of sp³-hybridized carbons (Fsp3) is 0.500. The van der Waals surface area contributed by atoms with Gasteiger partial charge in [-0.05, 0) is 32.0 Å².